The van der Waals surface area contributed by atoms with Crippen LogP contribution in [-0.2, 0) is 17.6 Å². The molecule has 1 N–H and O–H groups in total. The number of anilines is 1. The number of carbonyl (C=O) groups is 2. The standard InChI is InChI=1S/C22H17Cl2NO2/c23-19-9-2-1-7-16(19)14-18(26)13-15-6-5-8-17(12-15)22(27)25-21-11-4-3-10-20(21)24/h1-12H,13-14H2,(H,25,27). The Bertz CT molecular complexity index is 985. The summed E-state index contributed by atoms with van der Waals surface area (Å²) in [5, 5.41) is 3.83. The molecule has 0 aromatic heterocycles. The highest BCUT2D eigenvalue weighted by Gasteiger charge is 2.11. The van der Waals surface area contributed by atoms with Gasteiger partial charge in [-0.05, 0) is 41.5 Å². The fraction of sp³-hybridized carbons (Fsp3) is 0.0909. The molecule has 0 aliphatic rings. The number of halogens is 2. The third kappa shape index (κ3) is 5.19. The molecule has 0 aliphatic heterocycles. The molecule has 1 amide bonds. The number of carbonyl (C=O) groups excluding carboxylic acids is 2. The second-order valence-corrected chi connectivity index (χ2v) is 6.93. The zero-order valence-corrected chi connectivity index (χ0v) is 15.9. The first-order valence-corrected chi connectivity index (χ1v) is 9.18. The third-order valence-corrected chi connectivity index (χ3v) is 4.76. The predicted octanol–water partition coefficient (Wildman–Crippen LogP) is 5.60. The Kier molecular flexibility index (Phi) is 6.28. The summed E-state index contributed by atoms with van der Waals surface area (Å²) in [5.74, 6) is -0.240. The van der Waals surface area contributed by atoms with E-state index in [2.05, 4.69) is 5.32 Å². The molecule has 0 saturated carbocycles. The van der Waals surface area contributed by atoms with Crippen LogP contribution < -0.4 is 5.32 Å². The molecule has 0 unspecified atom stereocenters. The molecule has 0 saturated heterocycles. The minimum atomic E-state index is -0.275. The van der Waals surface area contributed by atoms with Gasteiger partial charge in [-0.2, -0.15) is 0 Å². The van der Waals surface area contributed by atoms with Gasteiger partial charge < -0.3 is 5.32 Å². The van der Waals surface area contributed by atoms with Gasteiger partial charge >= 0.3 is 0 Å². The zero-order valence-electron chi connectivity index (χ0n) is 14.4. The molecule has 0 spiro atoms. The smallest absolute Gasteiger partial charge is 0.255 e. The summed E-state index contributed by atoms with van der Waals surface area (Å²) in [6.07, 6.45) is 0.494. The van der Waals surface area contributed by atoms with Crippen molar-refractivity contribution in [3.63, 3.8) is 0 Å². The zero-order chi connectivity index (χ0) is 19.2. The van der Waals surface area contributed by atoms with E-state index in [4.69, 9.17) is 23.2 Å². The average molecular weight is 398 g/mol. The highest BCUT2D eigenvalue weighted by atomic mass is 35.5. The number of hydrogen-bond donors (Lipinski definition) is 1. The molecule has 3 rings (SSSR count). The Morgan fingerprint density at radius 3 is 2.22 bits per heavy atom. The van der Waals surface area contributed by atoms with Crippen molar-refractivity contribution in [2.45, 2.75) is 12.8 Å². The Morgan fingerprint density at radius 2 is 1.48 bits per heavy atom. The molecule has 3 aromatic carbocycles. The van der Waals surface area contributed by atoms with Crippen molar-refractivity contribution in [3.05, 3.63) is 99.5 Å². The van der Waals surface area contributed by atoms with Crippen LogP contribution in [0.4, 0.5) is 5.69 Å². The third-order valence-electron chi connectivity index (χ3n) is 4.06. The lowest BCUT2D eigenvalue weighted by Crippen LogP contribution is -2.13. The van der Waals surface area contributed by atoms with Crippen molar-refractivity contribution in [3.8, 4) is 0 Å². The minimum absolute atomic E-state index is 0.0340. The summed E-state index contributed by atoms with van der Waals surface area (Å²) in [6.45, 7) is 0. The fourth-order valence-electron chi connectivity index (χ4n) is 2.72. The topological polar surface area (TPSA) is 46.2 Å². The monoisotopic (exact) mass is 397 g/mol. The SMILES string of the molecule is O=C(Cc1cccc(C(=O)Nc2ccccc2Cl)c1)Cc1ccccc1Cl. The summed E-state index contributed by atoms with van der Waals surface area (Å²) in [5.41, 5.74) is 2.60. The molecule has 27 heavy (non-hydrogen) atoms. The maximum atomic E-state index is 12.5. The molecule has 3 nitrogen and oxygen atoms in total. The second kappa shape index (κ2) is 8.85. The lowest BCUT2D eigenvalue weighted by Gasteiger charge is -2.08. The van der Waals surface area contributed by atoms with E-state index in [-0.39, 0.29) is 24.5 Å². The second-order valence-electron chi connectivity index (χ2n) is 6.12. The van der Waals surface area contributed by atoms with Crippen molar-refractivity contribution in [1.29, 1.82) is 0 Å². The van der Waals surface area contributed by atoms with Crippen LogP contribution in [0.25, 0.3) is 0 Å². The highest BCUT2D eigenvalue weighted by molar-refractivity contribution is 6.34. The van der Waals surface area contributed by atoms with Crippen LogP contribution in [0.5, 0.6) is 0 Å². The van der Waals surface area contributed by atoms with Crippen LogP contribution in [0.15, 0.2) is 72.8 Å². The Balaban J connectivity index is 1.68. The molecule has 0 radical (unpaired) electrons. The van der Waals surface area contributed by atoms with Crippen molar-refractivity contribution >= 4 is 40.6 Å². The van der Waals surface area contributed by atoms with Gasteiger partial charge in [0.05, 0.1) is 10.7 Å². The number of amides is 1. The van der Waals surface area contributed by atoms with E-state index in [9.17, 15) is 9.59 Å². The summed E-state index contributed by atoms with van der Waals surface area (Å²) < 4.78 is 0. The number of rotatable bonds is 6. The number of hydrogen-bond acceptors (Lipinski definition) is 2. The van der Waals surface area contributed by atoms with Crippen LogP contribution in [0, 0.1) is 0 Å². The highest BCUT2D eigenvalue weighted by Crippen LogP contribution is 2.21. The van der Waals surface area contributed by atoms with Crippen molar-refractivity contribution < 1.29 is 9.59 Å². The van der Waals surface area contributed by atoms with Gasteiger partial charge in [-0.25, -0.2) is 0 Å². The molecule has 136 valence electrons. The van der Waals surface area contributed by atoms with Crippen LogP contribution in [0.1, 0.15) is 21.5 Å². The summed E-state index contributed by atoms with van der Waals surface area (Å²) >= 11 is 12.2. The quantitative estimate of drug-likeness (QED) is 0.588. The van der Waals surface area contributed by atoms with Gasteiger partial charge in [0.1, 0.15) is 5.78 Å². The minimum Gasteiger partial charge on any atom is -0.321 e. The van der Waals surface area contributed by atoms with Gasteiger partial charge in [0.15, 0.2) is 0 Å². The molecule has 0 aliphatic carbocycles. The van der Waals surface area contributed by atoms with Crippen molar-refractivity contribution in [1.82, 2.24) is 0 Å². The van der Waals surface area contributed by atoms with Gasteiger partial charge in [-0.3, -0.25) is 9.59 Å². The number of para-hydroxylation sites is 1. The van der Waals surface area contributed by atoms with E-state index in [1.54, 1.807) is 48.5 Å². The maximum Gasteiger partial charge on any atom is 0.255 e. The summed E-state index contributed by atoms with van der Waals surface area (Å²) in [7, 11) is 0. The van der Waals surface area contributed by atoms with Gasteiger partial charge in [-0.15, -0.1) is 0 Å². The molecule has 3 aromatic rings. The van der Waals surface area contributed by atoms with E-state index >= 15 is 0 Å². The summed E-state index contributed by atoms with van der Waals surface area (Å²) in [4.78, 5) is 24.8. The lowest BCUT2D eigenvalue weighted by molar-refractivity contribution is -0.117. The molecule has 0 fully saturated rings. The molecular weight excluding hydrogens is 381 g/mol. The Morgan fingerprint density at radius 1 is 0.778 bits per heavy atom. The van der Waals surface area contributed by atoms with Gasteiger partial charge in [0, 0.05) is 23.4 Å². The van der Waals surface area contributed by atoms with Crippen molar-refractivity contribution in [2.24, 2.45) is 0 Å². The molecule has 0 atom stereocenters. The first-order chi connectivity index (χ1) is 13.0. The molecule has 0 bridgehead atoms. The largest absolute Gasteiger partial charge is 0.321 e. The van der Waals surface area contributed by atoms with E-state index in [1.165, 1.54) is 0 Å². The molecular formula is C22H17Cl2NO2. The summed E-state index contributed by atoms with van der Waals surface area (Å²) in [6, 6.07) is 21.3. The van der Waals surface area contributed by atoms with Crippen LogP contribution in [0.3, 0.4) is 0 Å². The van der Waals surface area contributed by atoms with Gasteiger partial charge in [0.2, 0.25) is 0 Å². The average Bonchev–Trinajstić information content (AvgIpc) is 2.65. The van der Waals surface area contributed by atoms with Gasteiger partial charge in [0.25, 0.3) is 5.91 Å². The van der Waals surface area contributed by atoms with E-state index in [0.29, 0.717) is 21.3 Å². The van der Waals surface area contributed by atoms with E-state index in [0.717, 1.165) is 11.1 Å². The number of ketones is 1. The van der Waals surface area contributed by atoms with E-state index in [1.807, 2.05) is 24.3 Å². The molecule has 5 heteroatoms. The number of nitrogens with one attached hydrogen (secondary N) is 1. The Labute approximate surface area is 167 Å². The van der Waals surface area contributed by atoms with Crippen LogP contribution >= 0.6 is 23.2 Å². The molecule has 0 heterocycles. The maximum absolute atomic E-state index is 12.5. The normalized spacial score (nSPS) is 10.4. The Hall–Kier alpha value is -2.62. The predicted molar refractivity (Wildman–Crippen MR) is 110 cm³/mol. The van der Waals surface area contributed by atoms with Crippen LogP contribution in [-0.4, -0.2) is 11.7 Å². The van der Waals surface area contributed by atoms with E-state index < -0.39 is 0 Å². The van der Waals surface area contributed by atoms with Crippen molar-refractivity contribution in [2.75, 3.05) is 5.32 Å². The number of benzene rings is 3. The van der Waals surface area contributed by atoms with Crippen LogP contribution in [0.2, 0.25) is 10.0 Å². The van der Waals surface area contributed by atoms with Gasteiger partial charge in [-0.1, -0.05) is 65.7 Å². The fourth-order valence-corrected chi connectivity index (χ4v) is 3.11. The first-order valence-electron chi connectivity index (χ1n) is 8.43. The lowest BCUT2D eigenvalue weighted by atomic mass is 10.0. The first kappa shape index (κ1) is 19.2. The number of Topliss-reactive ketones (excluding diaryl/α,β-unsaturated/α-hetero) is 1.